The standard InChI is InChI=1S/C7H12N2O/c1-4-5(2)7-8-6(3)9-10-7/h5H,4H2,1-3H3/t5-/m1/s1. The molecule has 1 aromatic rings. The van der Waals surface area contributed by atoms with Crippen LogP contribution in [0.15, 0.2) is 4.52 Å². The van der Waals surface area contributed by atoms with Gasteiger partial charge in [0, 0.05) is 5.92 Å². The highest BCUT2D eigenvalue weighted by Gasteiger charge is 2.09. The minimum Gasteiger partial charge on any atom is -0.339 e. The minimum atomic E-state index is 0.390. The fourth-order valence-electron chi connectivity index (χ4n) is 0.688. The Morgan fingerprint density at radius 1 is 1.60 bits per heavy atom. The van der Waals surface area contributed by atoms with Crippen LogP contribution in [0.2, 0.25) is 0 Å². The van der Waals surface area contributed by atoms with Crippen LogP contribution in [0.25, 0.3) is 0 Å². The van der Waals surface area contributed by atoms with Gasteiger partial charge in [-0.3, -0.25) is 0 Å². The Bertz CT molecular complexity index is 207. The molecule has 0 aromatic carbocycles. The predicted octanol–water partition coefficient (Wildman–Crippen LogP) is 1.89. The highest BCUT2D eigenvalue weighted by molar-refractivity contribution is 4.89. The molecule has 0 saturated carbocycles. The van der Waals surface area contributed by atoms with Gasteiger partial charge in [0.25, 0.3) is 0 Å². The topological polar surface area (TPSA) is 38.9 Å². The molecule has 0 spiro atoms. The average molecular weight is 140 g/mol. The Hall–Kier alpha value is -0.860. The van der Waals surface area contributed by atoms with E-state index in [1.165, 1.54) is 0 Å². The molecular weight excluding hydrogens is 128 g/mol. The Labute approximate surface area is 60.4 Å². The van der Waals surface area contributed by atoms with E-state index in [-0.39, 0.29) is 0 Å². The first-order chi connectivity index (χ1) is 4.74. The lowest BCUT2D eigenvalue weighted by atomic mass is 10.1. The zero-order valence-electron chi connectivity index (χ0n) is 6.59. The Balaban J connectivity index is 2.74. The first kappa shape index (κ1) is 7.25. The van der Waals surface area contributed by atoms with Gasteiger partial charge in [0.2, 0.25) is 5.89 Å². The van der Waals surface area contributed by atoms with Gasteiger partial charge >= 0.3 is 0 Å². The minimum absolute atomic E-state index is 0.390. The SMILES string of the molecule is CC[C@@H](C)c1nc(C)no1. The Kier molecular flexibility index (Phi) is 2.04. The summed E-state index contributed by atoms with van der Waals surface area (Å²) in [5.74, 6) is 1.86. The van der Waals surface area contributed by atoms with Crippen molar-refractivity contribution < 1.29 is 4.52 Å². The van der Waals surface area contributed by atoms with Crippen LogP contribution in [-0.2, 0) is 0 Å². The number of hydrogen-bond donors (Lipinski definition) is 0. The van der Waals surface area contributed by atoms with Crippen LogP contribution in [0.4, 0.5) is 0 Å². The zero-order chi connectivity index (χ0) is 7.56. The number of nitrogens with zero attached hydrogens (tertiary/aromatic N) is 2. The van der Waals surface area contributed by atoms with Crippen LogP contribution in [0, 0.1) is 6.92 Å². The van der Waals surface area contributed by atoms with Crippen molar-refractivity contribution in [2.24, 2.45) is 0 Å². The number of aryl methyl sites for hydroxylation is 1. The fourth-order valence-corrected chi connectivity index (χ4v) is 0.688. The van der Waals surface area contributed by atoms with Gasteiger partial charge in [0.1, 0.15) is 0 Å². The second-order valence-electron chi connectivity index (χ2n) is 2.49. The molecule has 0 fully saturated rings. The molecule has 3 heteroatoms. The van der Waals surface area contributed by atoms with E-state index in [1.54, 1.807) is 0 Å². The number of rotatable bonds is 2. The van der Waals surface area contributed by atoms with Gasteiger partial charge in [-0.2, -0.15) is 4.98 Å². The van der Waals surface area contributed by atoms with Crippen molar-refractivity contribution in [3.8, 4) is 0 Å². The molecule has 0 aliphatic rings. The van der Waals surface area contributed by atoms with E-state index < -0.39 is 0 Å². The lowest BCUT2D eigenvalue weighted by molar-refractivity contribution is 0.354. The summed E-state index contributed by atoms with van der Waals surface area (Å²) in [7, 11) is 0. The van der Waals surface area contributed by atoms with Gasteiger partial charge in [-0.15, -0.1) is 0 Å². The summed E-state index contributed by atoms with van der Waals surface area (Å²) < 4.78 is 4.96. The third-order valence-electron chi connectivity index (χ3n) is 1.58. The maximum Gasteiger partial charge on any atom is 0.229 e. The van der Waals surface area contributed by atoms with Crippen molar-refractivity contribution in [3.05, 3.63) is 11.7 Å². The van der Waals surface area contributed by atoms with Crippen LogP contribution in [0.3, 0.4) is 0 Å². The second-order valence-corrected chi connectivity index (χ2v) is 2.49. The molecule has 0 radical (unpaired) electrons. The Morgan fingerprint density at radius 3 is 2.70 bits per heavy atom. The lowest BCUT2D eigenvalue weighted by Gasteiger charge is -1.97. The van der Waals surface area contributed by atoms with E-state index in [0.717, 1.165) is 18.1 Å². The molecule has 1 atom stereocenters. The highest BCUT2D eigenvalue weighted by atomic mass is 16.5. The van der Waals surface area contributed by atoms with E-state index in [4.69, 9.17) is 4.52 Å². The van der Waals surface area contributed by atoms with Gasteiger partial charge in [-0.25, -0.2) is 0 Å². The second kappa shape index (κ2) is 2.82. The van der Waals surface area contributed by atoms with Crippen molar-refractivity contribution in [2.75, 3.05) is 0 Å². The highest BCUT2D eigenvalue weighted by Crippen LogP contribution is 2.15. The molecule has 0 aliphatic carbocycles. The summed E-state index contributed by atoms with van der Waals surface area (Å²) in [5.41, 5.74) is 0. The maximum absolute atomic E-state index is 4.96. The quantitative estimate of drug-likeness (QED) is 0.629. The molecule has 0 amide bonds. The van der Waals surface area contributed by atoms with Crippen LogP contribution >= 0.6 is 0 Å². The van der Waals surface area contributed by atoms with Crippen molar-refractivity contribution in [1.29, 1.82) is 0 Å². The van der Waals surface area contributed by atoms with Crippen molar-refractivity contribution in [2.45, 2.75) is 33.1 Å². The van der Waals surface area contributed by atoms with Crippen molar-refractivity contribution >= 4 is 0 Å². The molecule has 0 bridgehead atoms. The first-order valence-electron chi connectivity index (χ1n) is 3.54. The number of aromatic nitrogens is 2. The number of hydrogen-bond acceptors (Lipinski definition) is 3. The van der Waals surface area contributed by atoms with Gasteiger partial charge in [0.05, 0.1) is 0 Å². The summed E-state index contributed by atoms with van der Waals surface area (Å²) in [4.78, 5) is 4.10. The molecular formula is C7H12N2O. The van der Waals surface area contributed by atoms with Crippen LogP contribution in [0.5, 0.6) is 0 Å². The summed E-state index contributed by atoms with van der Waals surface area (Å²) in [6.07, 6.45) is 1.04. The Morgan fingerprint density at radius 2 is 2.30 bits per heavy atom. The summed E-state index contributed by atoms with van der Waals surface area (Å²) in [6, 6.07) is 0. The van der Waals surface area contributed by atoms with Gasteiger partial charge in [-0.1, -0.05) is 19.0 Å². The molecule has 1 aromatic heterocycles. The van der Waals surface area contributed by atoms with Crippen LogP contribution < -0.4 is 0 Å². The molecule has 10 heavy (non-hydrogen) atoms. The third kappa shape index (κ3) is 1.35. The van der Waals surface area contributed by atoms with E-state index >= 15 is 0 Å². The predicted molar refractivity (Wildman–Crippen MR) is 37.7 cm³/mol. The lowest BCUT2D eigenvalue weighted by Crippen LogP contribution is -1.90. The molecule has 0 unspecified atom stereocenters. The van der Waals surface area contributed by atoms with E-state index in [1.807, 2.05) is 6.92 Å². The van der Waals surface area contributed by atoms with E-state index in [9.17, 15) is 0 Å². The molecule has 0 N–H and O–H groups in total. The van der Waals surface area contributed by atoms with E-state index in [0.29, 0.717) is 5.92 Å². The molecule has 3 nitrogen and oxygen atoms in total. The largest absolute Gasteiger partial charge is 0.339 e. The molecule has 0 aliphatic heterocycles. The van der Waals surface area contributed by atoms with Crippen LogP contribution in [0.1, 0.15) is 37.9 Å². The van der Waals surface area contributed by atoms with Gasteiger partial charge < -0.3 is 4.52 Å². The fraction of sp³-hybridized carbons (Fsp3) is 0.714. The smallest absolute Gasteiger partial charge is 0.229 e. The zero-order valence-corrected chi connectivity index (χ0v) is 6.59. The molecule has 56 valence electrons. The summed E-state index contributed by atoms with van der Waals surface area (Å²) in [5, 5.41) is 3.70. The van der Waals surface area contributed by atoms with Crippen LogP contribution in [-0.4, -0.2) is 10.1 Å². The van der Waals surface area contributed by atoms with Gasteiger partial charge in [0.15, 0.2) is 5.82 Å². The van der Waals surface area contributed by atoms with E-state index in [2.05, 4.69) is 24.0 Å². The van der Waals surface area contributed by atoms with Crippen molar-refractivity contribution in [1.82, 2.24) is 10.1 Å². The monoisotopic (exact) mass is 140 g/mol. The molecule has 1 rings (SSSR count). The summed E-state index contributed by atoms with van der Waals surface area (Å²) in [6.45, 7) is 6.01. The molecule has 0 saturated heterocycles. The van der Waals surface area contributed by atoms with Crippen molar-refractivity contribution in [3.63, 3.8) is 0 Å². The first-order valence-corrected chi connectivity index (χ1v) is 3.54. The molecule has 1 heterocycles. The van der Waals surface area contributed by atoms with Gasteiger partial charge in [-0.05, 0) is 13.3 Å². The summed E-state index contributed by atoms with van der Waals surface area (Å²) >= 11 is 0. The maximum atomic E-state index is 4.96. The normalized spacial score (nSPS) is 13.5. The average Bonchev–Trinajstić information content (AvgIpc) is 2.34. The third-order valence-corrected chi connectivity index (χ3v) is 1.58.